The summed E-state index contributed by atoms with van der Waals surface area (Å²) in [6.45, 7) is 7.33. The maximum absolute atomic E-state index is 4.25. The van der Waals surface area contributed by atoms with E-state index in [-0.39, 0.29) is 0 Å². The van der Waals surface area contributed by atoms with Gasteiger partial charge in [0.25, 0.3) is 0 Å². The molecule has 0 bridgehead atoms. The largest absolute Gasteiger partial charge is 0.369 e. The third-order valence-corrected chi connectivity index (χ3v) is 2.67. The molecule has 0 aliphatic rings. The van der Waals surface area contributed by atoms with E-state index in [2.05, 4.69) is 60.6 Å². The van der Waals surface area contributed by atoms with Crippen LogP contribution in [0, 0.1) is 13.8 Å². The number of H-pyrrole nitrogens is 1. The summed E-state index contributed by atoms with van der Waals surface area (Å²) in [5, 5.41) is 10.6. The van der Waals surface area contributed by atoms with Crippen LogP contribution in [0.5, 0.6) is 0 Å². The number of aromatic amines is 1. The Labute approximate surface area is 102 Å². The van der Waals surface area contributed by atoms with Gasteiger partial charge in [-0.3, -0.25) is 5.10 Å². The summed E-state index contributed by atoms with van der Waals surface area (Å²) < 4.78 is 0. The lowest BCUT2D eigenvalue weighted by molar-refractivity contribution is 0.961. The normalized spacial score (nSPS) is 10.5. The molecule has 0 aliphatic heterocycles. The molecule has 2 N–H and O–H groups in total. The summed E-state index contributed by atoms with van der Waals surface area (Å²) in [4.78, 5) is 0. The molecule has 0 saturated heterocycles. The van der Waals surface area contributed by atoms with Gasteiger partial charge in [0.15, 0.2) is 0 Å². The molecule has 90 valence electrons. The molecule has 0 unspecified atom stereocenters. The number of nitrogens with one attached hydrogen (secondary N) is 2. The Hall–Kier alpha value is -1.77. The lowest BCUT2D eigenvalue weighted by atomic mass is 10.1. The molecule has 3 nitrogen and oxygen atoms in total. The molecule has 1 aromatic heterocycles. The topological polar surface area (TPSA) is 40.7 Å². The van der Waals surface area contributed by atoms with Crippen molar-refractivity contribution in [3.63, 3.8) is 0 Å². The standard InChI is InChI=1S/C14H19N3/c1-4-5-15-14-9-13(16-17-14)12-7-10(2)6-11(3)8-12/h6-9H,4-5H2,1-3H3,(H2,15,16,17). The quantitative estimate of drug-likeness (QED) is 0.842. The first kappa shape index (κ1) is 11.7. The van der Waals surface area contributed by atoms with Crippen LogP contribution in [0.3, 0.4) is 0 Å². The van der Waals surface area contributed by atoms with Gasteiger partial charge in [-0.05, 0) is 32.4 Å². The van der Waals surface area contributed by atoms with Gasteiger partial charge in [0.1, 0.15) is 5.82 Å². The van der Waals surface area contributed by atoms with E-state index in [0.717, 1.165) is 24.5 Å². The van der Waals surface area contributed by atoms with Crippen LogP contribution in [-0.2, 0) is 0 Å². The fourth-order valence-electron chi connectivity index (χ4n) is 1.94. The number of hydrogen-bond acceptors (Lipinski definition) is 2. The molecule has 0 radical (unpaired) electrons. The molecule has 17 heavy (non-hydrogen) atoms. The summed E-state index contributed by atoms with van der Waals surface area (Å²) in [6.07, 6.45) is 1.10. The smallest absolute Gasteiger partial charge is 0.148 e. The van der Waals surface area contributed by atoms with Crippen LogP contribution < -0.4 is 5.32 Å². The minimum atomic E-state index is 0.918. The third-order valence-electron chi connectivity index (χ3n) is 2.67. The van der Waals surface area contributed by atoms with Gasteiger partial charge in [-0.1, -0.05) is 24.1 Å². The van der Waals surface area contributed by atoms with E-state index in [0.29, 0.717) is 0 Å². The zero-order chi connectivity index (χ0) is 12.3. The van der Waals surface area contributed by atoms with Gasteiger partial charge in [0, 0.05) is 18.2 Å². The third kappa shape index (κ3) is 2.87. The maximum atomic E-state index is 4.25. The highest BCUT2D eigenvalue weighted by atomic mass is 15.2. The van der Waals surface area contributed by atoms with E-state index >= 15 is 0 Å². The second-order valence-corrected chi connectivity index (χ2v) is 4.47. The molecule has 0 atom stereocenters. The highest BCUT2D eigenvalue weighted by molar-refractivity contribution is 5.64. The average Bonchev–Trinajstić information content (AvgIpc) is 2.73. The van der Waals surface area contributed by atoms with Crippen molar-refractivity contribution in [2.75, 3.05) is 11.9 Å². The van der Waals surface area contributed by atoms with E-state index < -0.39 is 0 Å². The second-order valence-electron chi connectivity index (χ2n) is 4.47. The minimum absolute atomic E-state index is 0.918. The van der Waals surface area contributed by atoms with E-state index in [9.17, 15) is 0 Å². The Morgan fingerprint density at radius 1 is 1.12 bits per heavy atom. The van der Waals surface area contributed by atoms with E-state index in [4.69, 9.17) is 0 Å². The Balaban J connectivity index is 2.24. The molecule has 1 aromatic carbocycles. The predicted molar refractivity (Wildman–Crippen MR) is 72.3 cm³/mol. The van der Waals surface area contributed by atoms with Crippen LogP contribution in [0.25, 0.3) is 11.3 Å². The number of aryl methyl sites for hydroxylation is 2. The summed E-state index contributed by atoms with van der Waals surface area (Å²) >= 11 is 0. The van der Waals surface area contributed by atoms with E-state index in [1.165, 1.54) is 16.7 Å². The van der Waals surface area contributed by atoms with Crippen molar-refractivity contribution in [3.05, 3.63) is 35.4 Å². The lowest BCUT2D eigenvalue weighted by Crippen LogP contribution is -1.99. The number of aromatic nitrogens is 2. The Morgan fingerprint density at radius 2 is 1.82 bits per heavy atom. The van der Waals surface area contributed by atoms with Crippen molar-refractivity contribution in [2.24, 2.45) is 0 Å². The molecular weight excluding hydrogens is 210 g/mol. The summed E-state index contributed by atoms with van der Waals surface area (Å²) in [5.41, 5.74) is 4.81. The van der Waals surface area contributed by atoms with Gasteiger partial charge >= 0.3 is 0 Å². The first-order valence-electron chi connectivity index (χ1n) is 6.07. The van der Waals surface area contributed by atoms with Crippen molar-refractivity contribution in [1.29, 1.82) is 0 Å². The first-order valence-corrected chi connectivity index (χ1v) is 6.07. The number of nitrogens with zero attached hydrogens (tertiary/aromatic N) is 1. The van der Waals surface area contributed by atoms with Crippen molar-refractivity contribution in [2.45, 2.75) is 27.2 Å². The fraction of sp³-hybridized carbons (Fsp3) is 0.357. The van der Waals surface area contributed by atoms with Crippen molar-refractivity contribution in [3.8, 4) is 11.3 Å². The van der Waals surface area contributed by atoms with Crippen molar-refractivity contribution >= 4 is 5.82 Å². The average molecular weight is 229 g/mol. The highest BCUT2D eigenvalue weighted by Crippen LogP contribution is 2.22. The molecular formula is C14H19N3. The van der Waals surface area contributed by atoms with E-state index in [1.54, 1.807) is 0 Å². The van der Waals surface area contributed by atoms with Crippen molar-refractivity contribution < 1.29 is 0 Å². The second kappa shape index (κ2) is 5.04. The van der Waals surface area contributed by atoms with Crippen LogP contribution >= 0.6 is 0 Å². The van der Waals surface area contributed by atoms with Gasteiger partial charge in [-0.2, -0.15) is 5.10 Å². The SMILES string of the molecule is CCCNc1cc(-c2cc(C)cc(C)c2)[nH]n1. The zero-order valence-electron chi connectivity index (χ0n) is 10.7. The molecule has 3 heteroatoms. The van der Waals surface area contributed by atoms with Crippen LogP contribution in [0.4, 0.5) is 5.82 Å². The minimum Gasteiger partial charge on any atom is -0.369 e. The molecule has 0 amide bonds. The van der Waals surface area contributed by atoms with Crippen LogP contribution in [-0.4, -0.2) is 16.7 Å². The van der Waals surface area contributed by atoms with Gasteiger partial charge in [0.05, 0.1) is 5.69 Å². The number of anilines is 1. The van der Waals surface area contributed by atoms with Gasteiger partial charge in [-0.25, -0.2) is 0 Å². The molecule has 0 spiro atoms. The summed E-state index contributed by atoms with van der Waals surface area (Å²) in [5.74, 6) is 0.918. The molecule has 1 heterocycles. The maximum Gasteiger partial charge on any atom is 0.148 e. The Morgan fingerprint density at radius 3 is 2.47 bits per heavy atom. The molecule has 0 aliphatic carbocycles. The molecule has 0 fully saturated rings. The van der Waals surface area contributed by atoms with Gasteiger partial charge in [0.2, 0.25) is 0 Å². The fourth-order valence-corrected chi connectivity index (χ4v) is 1.94. The van der Waals surface area contributed by atoms with Crippen molar-refractivity contribution in [1.82, 2.24) is 10.2 Å². The van der Waals surface area contributed by atoms with Gasteiger partial charge in [-0.15, -0.1) is 0 Å². The number of benzene rings is 1. The van der Waals surface area contributed by atoms with E-state index in [1.807, 2.05) is 0 Å². The van der Waals surface area contributed by atoms with Crippen LogP contribution in [0.1, 0.15) is 24.5 Å². The Kier molecular flexibility index (Phi) is 3.47. The molecule has 2 aromatic rings. The first-order chi connectivity index (χ1) is 8.19. The summed E-state index contributed by atoms with van der Waals surface area (Å²) in [7, 11) is 0. The highest BCUT2D eigenvalue weighted by Gasteiger charge is 2.04. The molecule has 2 rings (SSSR count). The monoisotopic (exact) mass is 229 g/mol. The number of hydrogen-bond donors (Lipinski definition) is 2. The zero-order valence-corrected chi connectivity index (χ0v) is 10.7. The number of rotatable bonds is 4. The lowest BCUT2D eigenvalue weighted by Gasteiger charge is -2.02. The Bertz CT molecular complexity index is 480. The van der Waals surface area contributed by atoms with Crippen LogP contribution in [0.15, 0.2) is 24.3 Å². The molecule has 0 saturated carbocycles. The van der Waals surface area contributed by atoms with Gasteiger partial charge < -0.3 is 5.32 Å². The predicted octanol–water partition coefficient (Wildman–Crippen LogP) is 3.52. The summed E-state index contributed by atoms with van der Waals surface area (Å²) in [6, 6.07) is 8.58. The van der Waals surface area contributed by atoms with Crippen LogP contribution in [0.2, 0.25) is 0 Å².